The van der Waals surface area contributed by atoms with Crippen molar-refractivity contribution < 1.29 is 13.2 Å². The van der Waals surface area contributed by atoms with Crippen LogP contribution in [0.3, 0.4) is 0 Å². The highest BCUT2D eigenvalue weighted by atomic mass is 32.2. The SMILES string of the molecule is O=C(c1ccc(S(=O)(=O)NC2CC2)cc1)N1CCN(C2CC2)CC1. The van der Waals surface area contributed by atoms with Crippen molar-refractivity contribution >= 4 is 15.9 Å². The molecule has 3 aliphatic rings. The molecule has 2 aliphatic carbocycles. The van der Waals surface area contributed by atoms with Crippen molar-refractivity contribution in [1.29, 1.82) is 0 Å². The van der Waals surface area contributed by atoms with Gasteiger partial charge in [0.15, 0.2) is 0 Å². The highest BCUT2D eigenvalue weighted by molar-refractivity contribution is 7.89. The lowest BCUT2D eigenvalue weighted by Gasteiger charge is -2.34. The molecule has 0 radical (unpaired) electrons. The van der Waals surface area contributed by atoms with E-state index in [0.29, 0.717) is 5.56 Å². The molecular weight excluding hydrogens is 326 g/mol. The van der Waals surface area contributed by atoms with Gasteiger partial charge in [-0.05, 0) is 49.9 Å². The summed E-state index contributed by atoms with van der Waals surface area (Å²) in [6.07, 6.45) is 4.39. The van der Waals surface area contributed by atoms with Gasteiger partial charge in [0, 0.05) is 43.8 Å². The highest BCUT2D eigenvalue weighted by Gasteiger charge is 2.32. The molecule has 0 unspecified atom stereocenters. The number of carbonyl (C=O) groups is 1. The molecule has 0 bridgehead atoms. The Labute approximate surface area is 142 Å². The predicted molar refractivity (Wildman–Crippen MR) is 90.3 cm³/mol. The summed E-state index contributed by atoms with van der Waals surface area (Å²) in [5.74, 6) is -0.00968. The normalized spacial score (nSPS) is 22.6. The third-order valence-corrected chi connectivity index (χ3v) is 6.51. The average molecular weight is 349 g/mol. The van der Waals surface area contributed by atoms with Gasteiger partial charge in [0.05, 0.1) is 4.90 Å². The van der Waals surface area contributed by atoms with Crippen LogP contribution in [-0.2, 0) is 10.0 Å². The van der Waals surface area contributed by atoms with Gasteiger partial charge in [-0.15, -0.1) is 0 Å². The lowest BCUT2D eigenvalue weighted by atomic mass is 10.2. The summed E-state index contributed by atoms with van der Waals surface area (Å²) in [4.78, 5) is 17.1. The zero-order chi connectivity index (χ0) is 16.7. The highest BCUT2D eigenvalue weighted by Crippen LogP contribution is 2.27. The smallest absolute Gasteiger partial charge is 0.253 e. The molecule has 6 nitrogen and oxygen atoms in total. The number of benzene rings is 1. The molecule has 1 N–H and O–H groups in total. The van der Waals surface area contributed by atoms with Crippen molar-refractivity contribution in [3.8, 4) is 0 Å². The third-order valence-electron chi connectivity index (χ3n) is 4.98. The molecule has 3 fully saturated rings. The van der Waals surface area contributed by atoms with Gasteiger partial charge in [0.2, 0.25) is 10.0 Å². The number of nitrogens with zero attached hydrogens (tertiary/aromatic N) is 2. The summed E-state index contributed by atoms with van der Waals surface area (Å²) in [6.45, 7) is 3.37. The Balaban J connectivity index is 1.39. The van der Waals surface area contributed by atoms with E-state index in [1.54, 1.807) is 12.1 Å². The number of amides is 1. The number of sulfonamides is 1. The van der Waals surface area contributed by atoms with Crippen LogP contribution in [0.5, 0.6) is 0 Å². The van der Waals surface area contributed by atoms with Crippen LogP contribution >= 0.6 is 0 Å². The number of rotatable bonds is 5. The van der Waals surface area contributed by atoms with E-state index in [0.717, 1.165) is 45.1 Å². The minimum Gasteiger partial charge on any atom is -0.336 e. The van der Waals surface area contributed by atoms with Crippen LogP contribution in [0.4, 0.5) is 0 Å². The Bertz CT molecular complexity index is 716. The first-order chi connectivity index (χ1) is 11.5. The topological polar surface area (TPSA) is 69.7 Å². The quantitative estimate of drug-likeness (QED) is 0.863. The molecule has 1 aliphatic heterocycles. The second kappa shape index (κ2) is 6.13. The van der Waals surface area contributed by atoms with Crippen LogP contribution in [0.2, 0.25) is 0 Å². The molecule has 24 heavy (non-hydrogen) atoms. The van der Waals surface area contributed by atoms with Gasteiger partial charge in [-0.25, -0.2) is 13.1 Å². The van der Waals surface area contributed by atoms with E-state index in [4.69, 9.17) is 0 Å². The number of hydrogen-bond donors (Lipinski definition) is 1. The van der Waals surface area contributed by atoms with Gasteiger partial charge < -0.3 is 4.90 Å². The molecule has 130 valence electrons. The fraction of sp³-hybridized carbons (Fsp3) is 0.588. The lowest BCUT2D eigenvalue weighted by Crippen LogP contribution is -2.49. The molecule has 2 saturated carbocycles. The zero-order valence-electron chi connectivity index (χ0n) is 13.6. The van der Waals surface area contributed by atoms with E-state index < -0.39 is 10.0 Å². The van der Waals surface area contributed by atoms with Gasteiger partial charge in [0.1, 0.15) is 0 Å². The van der Waals surface area contributed by atoms with Crippen molar-refractivity contribution in [1.82, 2.24) is 14.5 Å². The molecule has 0 atom stereocenters. The number of piperazine rings is 1. The van der Waals surface area contributed by atoms with E-state index in [1.807, 2.05) is 4.90 Å². The molecule has 7 heteroatoms. The molecule has 0 aromatic heterocycles. The van der Waals surface area contributed by atoms with Crippen LogP contribution in [0.1, 0.15) is 36.0 Å². The van der Waals surface area contributed by atoms with Crippen molar-refractivity contribution in [3.63, 3.8) is 0 Å². The van der Waals surface area contributed by atoms with Crippen molar-refractivity contribution in [2.24, 2.45) is 0 Å². The zero-order valence-corrected chi connectivity index (χ0v) is 14.5. The first-order valence-corrected chi connectivity index (χ1v) is 10.2. The minimum absolute atomic E-state index is 0.00968. The van der Waals surface area contributed by atoms with E-state index in [9.17, 15) is 13.2 Å². The Morgan fingerprint density at radius 3 is 2.12 bits per heavy atom. The molecule has 1 aromatic rings. The van der Waals surface area contributed by atoms with E-state index in [2.05, 4.69) is 9.62 Å². The van der Waals surface area contributed by atoms with Gasteiger partial charge in [-0.3, -0.25) is 9.69 Å². The minimum atomic E-state index is -3.46. The predicted octanol–water partition coefficient (Wildman–Crippen LogP) is 1.05. The third kappa shape index (κ3) is 3.48. The fourth-order valence-electron chi connectivity index (χ4n) is 3.18. The summed E-state index contributed by atoms with van der Waals surface area (Å²) in [6, 6.07) is 7.12. The first kappa shape index (κ1) is 16.1. The van der Waals surface area contributed by atoms with Crippen molar-refractivity contribution in [2.75, 3.05) is 26.2 Å². The number of nitrogens with one attached hydrogen (secondary N) is 1. The molecule has 0 spiro atoms. The second-order valence-corrected chi connectivity index (χ2v) is 8.69. The Morgan fingerprint density at radius 1 is 0.958 bits per heavy atom. The Morgan fingerprint density at radius 2 is 1.58 bits per heavy atom. The standard InChI is InChI=1S/C17H23N3O3S/c21-17(20-11-9-19(10-12-20)15-5-6-15)13-1-7-16(8-2-13)24(22,23)18-14-3-4-14/h1-2,7-8,14-15,18H,3-6,9-12H2. The van der Waals surface area contributed by atoms with Crippen LogP contribution in [-0.4, -0.2) is 62.4 Å². The van der Waals surface area contributed by atoms with Crippen LogP contribution in [0.15, 0.2) is 29.2 Å². The van der Waals surface area contributed by atoms with Crippen LogP contribution in [0.25, 0.3) is 0 Å². The van der Waals surface area contributed by atoms with E-state index >= 15 is 0 Å². The van der Waals surface area contributed by atoms with E-state index in [1.165, 1.54) is 25.0 Å². The Kier molecular flexibility index (Phi) is 4.10. The molecular formula is C17H23N3O3S. The van der Waals surface area contributed by atoms with Crippen LogP contribution in [0, 0.1) is 0 Å². The van der Waals surface area contributed by atoms with Crippen molar-refractivity contribution in [3.05, 3.63) is 29.8 Å². The largest absolute Gasteiger partial charge is 0.336 e. The van der Waals surface area contributed by atoms with Gasteiger partial charge in [-0.2, -0.15) is 0 Å². The number of carbonyl (C=O) groups excluding carboxylic acids is 1. The Hall–Kier alpha value is -1.44. The van der Waals surface area contributed by atoms with Gasteiger partial charge >= 0.3 is 0 Å². The van der Waals surface area contributed by atoms with Crippen molar-refractivity contribution in [2.45, 2.75) is 42.7 Å². The fourth-order valence-corrected chi connectivity index (χ4v) is 4.48. The summed E-state index contributed by atoms with van der Waals surface area (Å²) < 4.78 is 27.0. The summed E-state index contributed by atoms with van der Waals surface area (Å²) in [5, 5.41) is 0. The average Bonchev–Trinajstić information content (AvgIpc) is 3.48. The molecule has 1 heterocycles. The molecule has 1 amide bonds. The monoisotopic (exact) mass is 349 g/mol. The van der Waals surface area contributed by atoms with Crippen LogP contribution < -0.4 is 4.72 Å². The summed E-state index contributed by atoms with van der Waals surface area (Å²) in [7, 11) is -3.46. The maximum absolute atomic E-state index is 12.6. The van der Waals surface area contributed by atoms with Gasteiger partial charge in [0.25, 0.3) is 5.91 Å². The summed E-state index contributed by atoms with van der Waals surface area (Å²) >= 11 is 0. The first-order valence-electron chi connectivity index (χ1n) is 8.69. The molecule has 4 rings (SSSR count). The second-order valence-electron chi connectivity index (χ2n) is 6.98. The maximum atomic E-state index is 12.6. The molecule has 1 saturated heterocycles. The van der Waals surface area contributed by atoms with E-state index in [-0.39, 0.29) is 16.8 Å². The molecule has 1 aromatic carbocycles. The lowest BCUT2D eigenvalue weighted by molar-refractivity contribution is 0.0627. The van der Waals surface area contributed by atoms with Gasteiger partial charge in [-0.1, -0.05) is 0 Å². The number of hydrogen-bond acceptors (Lipinski definition) is 4. The summed E-state index contributed by atoms with van der Waals surface area (Å²) in [5.41, 5.74) is 0.556. The maximum Gasteiger partial charge on any atom is 0.253 e.